The van der Waals surface area contributed by atoms with E-state index in [0.717, 1.165) is 44.2 Å². The van der Waals surface area contributed by atoms with E-state index in [0.29, 0.717) is 37.6 Å². The van der Waals surface area contributed by atoms with Crippen molar-refractivity contribution in [2.75, 3.05) is 38.3 Å². The lowest BCUT2D eigenvalue weighted by molar-refractivity contribution is -0.114. The number of allylic oxidation sites excluding steroid dienone is 4. The number of fused-ring (bicyclic) bond motifs is 4. The predicted molar refractivity (Wildman–Crippen MR) is 162 cm³/mol. The lowest BCUT2D eigenvalue weighted by Crippen LogP contribution is -2.51. The van der Waals surface area contributed by atoms with E-state index in [2.05, 4.69) is 47.9 Å². The lowest BCUT2D eigenvalue weighted by Gasteiger charge is -2.53. The minimum Gasteiger partial charge on any atom is -0.434 e. The maximum Gasteiger partial charge on any atom is 0.508 e. The zero-order valence-electron chi connectivity index (χ0n) is 25.3. The second-order valence-electron chi connectivity index (χ2n) is 12.7. The van der Waals surface area contributed by atoms with Gasteiger partial charge in [0.2, 0.25) is 0 Å². The van der Waals surface area contributed by atoms with Gasteiger partial charge in [-0.2, -0.15) is 0 Å². The molecular formula is C35H45NO6. The number of benzene rings is 1. The molecule has 0 unspecified atom stereocenters. The molecule has 226 valence electrons. The summed E-state index contributed by atoms with van der Waals surface area (Å²) in [5, 5.41) is 20.7. The third kappa shape index (κ3) is 5.76. The van der Waals surface area contributed by atoms with E-state index in [1.54, 1.807) is 0 Å². The molecule has 0 radical (unpaired) electrons. The average Bonchev–Trinajstić information content (AvgIpc) is 3.24. The van der Waals surface area contributed by atoms with Crippen molar-refractivity contribution >= 4 is 17.6 Å². The van der Waals surface area contributed by atoms with Crippen LogP contribution in [0.4, 0.5) is 10.5 Å². The highest BCUT2D eigenvalue weighted by atomic mass is 16.7. The molecule has 0 spiro atoms. The van der Waals surface area contributed by atoms with Gasteiger partial charge in [-0.1, -0.05) is 30.6 Å². The van der Waals surface area contributed by atoms with Crippen molar-refractivity contribution in [2.45, 2.75) is 83.2 Å². The SMILES string of the molecule is CC#C[C@]1(O)CC[C@H]2[C@@H]3CCC4=CC(=O)CCC4=C3[C@@H](c3ccc(N(C)CCCOC(=O)OCCCO)cc3)C[C@@]21C. The number of hydrogen-bond donors (Lipinski definition) is 2. The highest BCUT2D eigenvalue weighted by molar-refractivity contribution is 5.93. The van der Waals surface area contributed by atoms with Crippen molar-refractivity contribution < 1.29 is 29.3 Å². The molecule has 0 heterocycles. The number of aliphatic hydroxyl groups excluding tert-OH is 1. The van der Waals surface area contributed by atoms with Crippen LogP contribution in [0.1, 0.15) is 83.1 Å². The van der Waals surface area contributed by atoms with E-state index in [9.17, 15) is 14.7 Å². The van der Waals surface area contributed by atoms with Gasteiger partial charge in [-0.3, -0.25) is 4.79 Å². The van der Waals surface area contributed by atoms with Crippen LogP contribution in [0.3, 0.4) is 0 Å². The Kier molecular flexibility index (Phi) is 9.15. The third-order valence-electron chi connectivity index (χ3n) is 10.3. The van der Waals surface area contributed by atoms with Crippen molar-refractivity contribution in [3.05, 3.63) is 52.6 Å². The molecule has 0 aliphatic heterocycles. The molecule has 0 amide bonds. The smallest absolute Gasteiger partial charge is 0.434 e. The number of aliphatic hydroxyl groups is 2. The number of nitrogens with zero attached hydrogens (tertiary/aromatic N) is 1. The monoisotopic (exact) mass is 575 g/mol. The van der Waals surface area contributed by atoms with Crippen LogP contribution in [0.2, 0.25) is 0 Å². The van der Waals surface area contributed by atoms with E-state index < -0.39 is 11.8 Å². The molecule has 4 aliphatic rings. The van der Waals surface area contributed by atoms with Crippen molar-refractivity contribution in [3.63, 3.8) is 0 Å². The zero-order chi connectivity index (χ0) is 29.9. The van der Waals surface area contributed by atoms with Gasteiger partial charge in [-0.25, -0.2) is 4.79 Å². The number of hydrogen-bond acceptors (Lipinski definition) is 7. The molecule has 1 aromatic carbocycles. The van der Waals surface area contributed by atoms with Crippen molar-refractivity contribution in [1.82, 2.24) is 0 Å². The molecule has 7 heteroatoms. The summed E-state index contributed by atoms with van der Waals surface area (Å²) < 4.78 is 10.0. The van der Waals surface area contributed by atoms with Crippen LogP contribution in [0.25, 0.3) is 0 Å². The minimum atomic E-state index is -0.979. The molecule has 5 atom stereocenters. The van der Waals surface area contributed by atoms with Crippen molar-refractivity contribution in [3.8, 4) is 11.8 Å². The Bertz CT molecular complexity index is 1300. The number of rotatable bonds is 9. The molecule has 0 aromatic heterocycles. The summed E-state index contributed by atoms with van der Waals surface area (Å²) in [4.78, 5) is 26.1. The molecule has 4 aliphatic carbocycles. The van der Waals surface area contributed by atoms with E-state index in [4.69, 9.17) is 14.6 Å². The topological polar surface area (TPSA) is 96.3 Å². The first-order valence-electron chi connectivity index (χ1n) is 15.5. The number of anilines is 1. The average molecular weight is 576 g/mol. The molecule has 42 heavy (non-hydrogen) atoms. The Labute approximate surface area is 250 Å². The number of ether oxygens (including phenoxy) is 2. The first-order chi connectivity index (χ1) is 20.2. The van der Waals surface area contributed by atoms with Gasteiger partial charge >= 0.3 is 6.16 Å². The highest BCUT2D eigenvalue weighted by Crippen LogP contribution is 2.66. The largest absolute Gasteiger partial charge is 0.508 e. The Morgan fingerprint density at radius 2 is 1.83 bits per heavy atom. The van der Waals surface area contributed by atoms with Crippen LogP contribution >= 0.6 is 0 Å². The van der Waals surface area contributed by atoms with Gasteiger partial charge in [0.15, 0.2) is 5.78 Å². The van der Waals surface area contributed by atoms with E-state index in [1.807, 2.05) is 20.0 Å². The predicted octanol–water partition coefficient (Wildman–Crippen LogP) is 5.70. The summed E-state index contributed by atoms with van der Waals surface area (Å²) >= 11 is 0. The van der Waals surface area contributed by atoms with Gasteiger partial charge in [-0.15, -0.1) is 5.92 Å². The van der Waals surface area contributed by atoms with Gasteiger partial charge in [0, 0.05) is 50.1 Å². The number of carbonyl (C=O) groups is 2. The molecule has 2 fully saturated rings. The molecule has 0 bridgehead atoms. The Hall–Kier alpha value is -3.08. The standard InChI is InChI=1S/C35H45NO6/c1-4-16-35(40)17-15-31-29-13-9-25-22-27(38)12-14-28(25)32(29)30(23-34(31,35)2)24-7-10-26(11-8-24)36(3)18-5-20-41-33(39)42-21-6-19-37/h7-8,10-11,22,29-31,37,40H,5-6,9,12-15,17-21,23H2,1-3H3/t29-,30+,31-,34-,35-/m0/s1. The van der Waals surface area contributed by atoms with Gasteiger partial charge in [-0.05, 0) is 98.6 Å². The van der Waals surface area contributed by atoms with Crippen molar-refractivity contribution in [2.24, 2.45) is 17.3 Å². The summed E-state index contributed by atoms with van der Waals surface area (Å²) in [5.74, 6) is 7.49. The van der Waals surface area contributed by atoms with Crippen LogP contribution in [-0.2, 0) is 14.3 Å². The van der Waals surface area contributed by atoms with Crippen molar-refractivity contribution in [1.29, 1.82) is 0 Å². The first kappa shape index (κ1) is 30.4. The maximum atomic E-state index is 12.3. The van der Waals surface area contributed by atoms with Crippen LogP contribution in [0, 0.1) is 29.1 Å². The number of carbonyl (C=O) groups excluding carboxylic acids is 2. The second kappa shape index (κ2) is 12.7. The highest BCUT2D eigenvalue weighted by Gasteiger charge is 2.62. The summed E-state index contributed by atoms with van der Waals surface area (Å²) in [6, 6.07) is 8.77. The minimum absolute atomic E-state index is 0.0222. The quantitative estimate of drug-likeness (QED) is 0.221. The van der Waals surface area contributed by atoms with E-state index in [1.165, 1.54) is 22.3 Å². The van der Waals surface area contributed by atoms with E-state index >= 15 is 0 Å². The Morgan fingerprint density at radius 1 is 1.10 bits per heavy atom. The van der Waals surface area contributed by atoms with Gasteiger partial charge < -0.3 is 24.6 Å². The third-order valence-corrected chi connectivity index (χ3v) is 10.3. The maximum absolute atomic E-state index is 12.3. The first-order valence-corrected chi connectivity index (χ1v) is 15.5. The van der Waals surface area contributed by atoms with Gasteiger partial charge in [0.05, 0.1) is 13.2 Å². The fraction of sp³-hybridized carbons (Fsp3) is 0.600. The number of ketones is 1. The summed E-state index contributed by atoms with van der Waals surface area (Å²) in [5.41, 5.74) is 5.23. The Balaban J connectivity index is 1.35. The van der Waals surface area contributed by atoms with Gasteiger partial charge in [0.1, 0.15) is 5.60 Å². The fourth-order valence-corrected chi connectivity index (χ4v) is 8.19. The molecule has 7 nitrogen and oxygen atoms in total. The molecule has 5 rings (SSSR count). The molecule has 0 saturated heterocycles. The summed E-state index contributed by atoms with van der Waals surface area (Å²) in [7, 11) is 2.03. The molecule has 2 saturated carbocycles. The molecule has 1 aromatic rings. The molecule has 2 N–H and O–H groups in total. The Morgan fingerprint density at radius 3 is 2.55 bits per heavy atom. The molecular weight excluding hydrogens is 530 g/mol. The fourth-order valence-electron chi connectivity index (χ4n) is 8.19. The van der Waals surface area contributed by atoms with Crippen LogP contribution < -0.4 is 4.90 Å². The summed E-state index contributed by atoms with van der Waals surface area (Å²) in [6.07, 6.45) is 8.21. The van der Waals surface area contributed by atoms with Crippen LogP contribution in [-0.4, -0.2) is 61.2 Å². The van der Waals surface area contributed by atoms with Crippen LogP contribution in [0.15, 0.2) is 47.1 Å². The van der Waals surface area contributed by atoms with Gasteiger partial charge in [0.25, 0.3) is 0 Å². The normalized spacial score (nSPS) is 29.9. The summed E-state index contributed by atoms with van der Waals surface area (Å²) in [6.45, 7) is 5.21. The van der Waals surface area contributed by atoms with Crippen LogP contribution in [0.5, 0.6) is 0 Å². The van der Waals surface area contributed by atoms with E-state index in [-0.39, 0.29) is 36.9 Å². The second-order valence-corrected chi connectivity index (χ2v) is 12.7. The zero-order valence-corrected chi connectivity index (χ0v) is 25.3. The lowest BCUT2D eigenvalue weighted by atomic mass is 9.51.